The molecule has 1 aliphatic rings. The van der Waals surface area contributed by atoms with Gasteiger partial charge in [-0.05, 0) is 36.4 Å². The molecule has 3 heterocycles. The fourth-order valence-corrected chi connectivity index (χ4v) is 5.91. The minimum Gasteiger partial charge on any atom is -0.379 e. The van der Waals surface area contributed by atoms with Gasteiger partial charge in [0.2, 0.25) is 10.0 Å². The molecule has 1 fully saturated rings. The summed E-state index contributed by atoms with van der Waals surface area (Å²) < 4.78 is 90.6. The number of pyridine rings is 1. The van der Waals surface area contributed by atoms with E-state index in [-0.39, 0.29) is 40.7 Å². The van der Waals surface area contributed by atoms with Crippen LogP contribution in [0.1, 0.15) is 21.6 Å². The van der Waals surface area contributed by atoms with Gasteiger partial charge in [-0.3, -0.25) is 14.5 Å². The zero-order valence-corrected chi connectivity index (χ0v) is 22.9. The highest BCUT2D eigenvalue weighted by molar-refractivity contribution is 7.90. The number of amides is 1. The molecule has 0 aliphatic carbocycles. The van der Waals surface area contributed by atoms with Crippen molar-refractivity contribution in [3.63, 3.8) is 0 Å². The molecule has 1 saturated heterocycles. The Kier molecular flexibility index (Phi) is 8.21. The number of fused-ring (bicyclic) bond motifs is 1. The second-order valence-electron chi connectivity index (χ2n) is 9.75. The van der Waals surface area contributed by atoms with Gasteiger partial charge in [-0.2, -0.15) is 13.2 Å². The Balaban J connectivity index is 1.68. The molecule has 0 atom stereocenters. The first-order chi connectivity index (χ1) is 19.9. The van der Waals surface area contributed by atoms with Crippen molar-refractivity contribution >= 4 is 26.8 Å². The van der Waals surface area contributed by atoms with E-state index >= 15 is 0 Å². The number of ether oxygens (including phenoxy) is 1. The zero-order valence-electron chi connectivity index (χ0n) is 22.1. The second kappa shape index (κ2) is 11.7. The number of sulfonamides is 1. The molecule has 0 unspecified atom stereocenters. The van der Waals surface area contributed by atoms with Crippen LogP contribution in [0.3, 0.4) is 0 Å². The van der Waals surface area contributed by atoms with E-state index < -0.39 is 50.5 Å². The highest BCUT2D eigenvalue weighted by atomic mass is 32.2. The van der Waals surface area contributed by atoms with Crippen LogP contribution >= 0.6 is 0 Å². The number of aromatic nitrogens is 2. The van der Waals surface area contributed by atoms with Gasteiger partial charge < -0.3 is 14.3 Å². The molecule has 2 aromatic carbocycles. The first-order valence-electron chi connectivity index (χ1n) is 12.9. The van der Waals surface area contributed by atoms with Crippen LogP contribution in [0, 0.1) is 5.82 Å². The average molecular weight is 607 g/mol. The maximum atomic E-state index is 14.7. The number of aromatic amines is 1. The number of rotatable bonds is 8. The van der Waals surface area contributed by atoms with Gasteiger partial charge in [0.25, 0.3) is 11.5 Å². The minimum atomic E-state index is -4.76. The lowest BCUT2D eigenvalue weighted by molar-refractivity contribution is -0.137. The number of nitrogens with one attached hydrogen (secondary N) is 2. The predicted octanol–water partition coefficient (Wildman–Crippen LogP) is 3.59. The van der Waals surface area contributed by atoms with Crippen LogP contribution in [-0.4, -0.2) is 67.4 Å². The van der Waals surface area contributed by atoms with Gasteiger partial charge in [-0.1, -0.05) is 18.2 Å². The number of carbonyl (C=O) groups excluding carboxylic acids is 1. The lowest BCUT2D eigenvalue weighted by Gasteiger charge is -2.26. The molecule has 9 nitrogen and oxygen atoms in total. The van der Waals surface area contributed by atoms with Crippen molar-refractivity contribution in [3.8, 4) is 11.1 Å². The number of morpholine rings is 1. The third-order valence-corrected chi connectivity index (χ3v) is 8.22. The lowest BCUT2D eigenvalue weighted by Crippen LogP contribution is -2.42. The third-order valence-electron chi connectivity index (χ3n) is 7.01. The first-order valence-corrected chi connectivity index (χ1v) is 14.6. The maximum Gasteiger partial charge on any atom is 0.416 e. The van der Waals surface area contributed by atoms with E-state index in [4.69, 9.17) is 4.74 Å². The Morgan fingerprint density at radius 1 is 1.05 bits per heavy atom. The molecule has 1 aliphatic heterocycles. The Morgan fingerprint density at radius 2 is 1.79 bits per heavy atom. The standard InChI is InChI=1S/C28H26F4N4O5S/c29-22-6-2-1-4-18(22)17-36-23-8-7-19(28(30,31)32)16-21(23)24(20-5-3-9-33-26(20)37)25(36)27(38)34-42(39,40)15-12-35-10-13-41-14-11-35/h1-9,16H,10-15,17H2,(H,33,37)(H,34,38). The molecule has 5 rings (SSSR count). The normalized spacial score (nSPS) is 14.8. The van der Waals surface area contributed by atoms with Crippen molar-refractivity contribution in [1.29, 1.82) is 0 Å². The number of benzene rings is 2. The summed E-state index contributed by atoms with van der Waals surface area (Å²) >= 11 is 0. The molecule has 0 radical (unpaired) electrons. The van der Waals surface area contributed by atoms with Crippen molar-refractivity contribution in [2.24, 2.45) is 0 Å². The molecule has 0 bridgehead atoms. The summed E-state index contributed by atoms with van der Waals surface area (Å²) in [6.45, 7) is 1.70. The van der Waals surface area contributed by atoms with E-state index in [1.807, 2.05) is 9.62 Å². The molecule has 0 saturated carbocycles. The van der Waals surface area contributed by atoms with Crippen LogP contribution in [0.15, 0.2) is 65.6 Å². The summed E-state index contributed by atoms with van der Waals surface area (Å²) in [4.78, 5) is 31.0. The molecule has 0 spiro atoms. The number of carbonyl (C=O) groups is 1. The van der Waals surface area contributed by atoms with Crippen LogP contribution < -0.4 is 10.3 Å². The summed E-state index contributed by atoms with van der Waals surface area (Å²) in [5.74, 6) is -2.25. The van der Waals surface area contributed by atoms with E-state index in [0.29, 0.717) is 26.3 Å². The first kappa shape index (κ1) is 29.5. The smallest absolute Gasteiger partial charge is 0.379 e. The van der Waals surface area contributed by atoms with E-state index in [2.05, 4.69) is 4.98 Å². The molecule has 222 valence electrons. The van der Waals surface area contributed by atoms with E-state index in [1.54, 1.807) is 6.07 Å². The van der Waals surface area contributed by atoms with Crippen molar-refractivity contribution in [2.45, 2.75) is 12.7 Å². The van der Waals surface area contributed by atoms with Crippen LogP contribution in [0.5, 0.6) is 0 Å². The molecule has 1 amide bonds. The van der Waals surface area contributed by atoms with Gasteiger partial charge in [-0.25, -0.2) is 17.5 Å². The van der Waals surface area contributed by atoms with Crippen LogP contribution in [-0.2, 0) is 27.5 Å². The van der Waals surface area contributed by atoms with Crippen LogP contribution in [0.2, 0.25) is 0 Å². The van der Waals surface area contributed by atoms with Crippen molar-refractivity contribution in [3.05, 3.63) is 93.8 Å². The highest BCUT2D eigenvalue weighted by Crippen LogP contribution is 2.38. The molecule has 14 heteroatoms. The van der Waals surface area contributed by atoms with Gasteiger partial charge in [0.15, 0.2) is 0 Å². The Morgan fingerprint density at radius 3 is 2.48 bits per heavy atom. The van der Waals surface area contributed by atoms with Gasteiger partial charge in [0.05, 0.1) is 31.1 Å². The summed E-state index contributed by atoms with van der Waals surface area (Å²) in [6, 6.07) is 11.1. The largest absolute Gasteiger partial charge is 0.416 e. The summed E-state index contributed by atoms with van der Waals surface area (Å²) in [5.41, 5.74) is -2.38. The summed E-state index contributed by atoms with van der Waals surface area (Å²) in [5, 5.41) is -0.131. The van der Waals surface area contributed by atoms with Crippen molar-refractivity contribution in [1.82, 2.24) is 19.2 Å². The van der Waals surface area contributed by atoms with Gasteiger partial charge in [0, 0.05) is 53.4 Å². The second-order valence-corrected chi connectivity index (χ2v) is 11.6. The maximum absolute atomic E-state index is 14.7. The molecular weight excluding hydrogens is 580 g/mol. The third kappa shape index (κ3) is 6.25. The highest BCUT2D eigenvalue weighted by Gasteiger charge is 2.34. The Bertz CT molecular complexity index is 1790. The van der Waals surface area contributed by atoms with Crippen molar-refractivity contribution in [2.75, 3.05) is 38.6 Å². The number of alkyl halides is 3. The molecular formula is C28H26F4N4O5S. The number of H-pyrrole nitrogens is 1. The lowest BCUT2D eigenvalue weighted by atomic mass is 10.0. The Labute approximate surface area is 237 Å². The monoisotopic (exact) mass is 606 g/mol. The van der Waals surface area contributed by atoms with Gasteiger partial charge >= 0.3 is 6.18 Å². The zero-order chi connectivity index (χ0) is 30.1. The van der Waals surface area contributed by atoms with E-state index in [9.17, 15) is 35.6 Å². The van der Waals surface area contributed by atoms with Crippen LogP contribution in [0.25, 0.3) is 22.0 Å². The fraction of sp³-hybridized carbons (Fsp3) is 0.286. The van der Waals surface area contributed by atoms with Gasteiger partial charge in [-0.15, -0.1) is 0 Å². The van der Waals surface area contributed by atoms with Crippen molar-refractivity contribution < 1.29 is 35.5 Å². The Hall–Kier alpha value is -4.01. The number of nitrogens with zero attached hydrogens (tertiary/aromatic N) is 2. The summed E-state index contributed by atoms with van der Waals surface area (Å²) in [7, 11) is -4.24. The van der Waals surface area contributed by atoms with E-state index in [1.165, 1.54) is 41.1 Å². The number of hydrogen-bond acceptors (Lipinski definition) is 6. The van der Waals surface area contributed by atoms with Gasteiger partial charge in [0.1, 0.15) is 11.5 Å². The minimum absolute atomic E-state index is 0.0698. The molecule has 2 N–H and O–H groups in total. The average Bonchev–Trinajstić information content (AvgIpc) is 3.27. The SMILES string of the molecule is O=C(NS(=O)(=O)CCN1CCOCC1)c1c(-c2ccc[nH]c2=O)c2cc(C(F)(F)F)ccc2n1Cc1ccccc1F. The fourth-order valence-electron chi connectivity index (χ4n) is 4.93. The van der Waals surface area contributed by atoms with Crippen LogP contribution in [0.4, 0.5) is 17.6 Å². The quantitative estimate of drug-likeness (QED) is 0.297. The number of halogens is 4. The molecule has 2 aromatic heterocycles. The predicted molar refractivity (Wildman–Crippen MR) is 147 cm³/mol. The van der Waals surface area contributed by atoms with E-state index in [0.717, 1.165) is 18.2 Å². The molecule has 4 aromatic rings. The topological polar surface area (TPSA) is 114 Å². The summed E-state index contributed by atoms with van der Waals surface area (Å²) in [6.07, 6.45) is -3.45. The number of hydrogen-bond donors (Lipinski definition) is 2. The molecule has 42 heavy (non-hydrogen) atoms.